The van der Waals surface area contributed by atoms with E-state index >= 15 is 0 Å². The Morgan fingerprint density at radius 3 is 2.47 bits per heavy atom. The van der Waals surface area contributed by atoms with Gasteiger partial charge in [0.25, 0.3) is 0 Å². The zero-order chi connectivity index (χ0) is 12.6. The molecule has 0 unspecified atom stereocenters. The fourth-order valence-electron chi connectivity index (χ4n) is 1.43. The molecular weight excluding hydrogens is 282 g/mol. The number of carbonyl (C=O) groups excluding carboxylic acids is 1. The average molecular weight is 290 g/mol. The summed E-state index contributed by atoms with van der Waals surface area (Å²) >= 11 is 17.8. The molecule has 1 heterocycles. The Morgan fingerprint density at radius 1 is 1.24 bits per heavy atom. The molecule has 1 aromatic heterocycles. The molecule has 3 nitrogen and oxygen atoms in total. The van der Waals surface area contributed by atoms with E-state index < -0.39 is 0 Å². The zero-order valence-corrected chi connectivity index (χ0v) is 11.0. The maximum absolute atomic E-state index is 10.8. The molecule has 0 saturated carbocycles. The highest BCUT2D eigenvalue weighted by molar-refractivity contribution is 6.42. The molecule has 0 bridgehead atoms. The number of aldehydes is 1. The van der Waals surface area contributed by atoms with Gasteiger partial charge in [-0.05, 0) is 25.1 Å². The van der Waals surface area contributed by atoms with Crippen LogP contribution in [0.25, 0.3) is 5.69 Å². The lowest BCUT2D eigenvalue weighted by Crippen LogP contribution is -1.96. The number of carbonyl (C=O) groups is 1. The fraction of sp³-hybridized carbons (Fsp3) is 0.0909. The van der Waals surface area contributed by atoms with Gasteiger partial charge >= 0.3 is 0 Å². The summed E-state index contributed by atoms with van der Waals surface area (Å²) in [5.74, 6) is 0. The number of aryl methyl sites for hydroxylation is 1. The van der Waals surface area contributed by atoms with Gasteiger partial charge in [-0.2, -0.15) is 5.10 Å². The molecule has 2 aromatic rings. The summed E-state index contributed by atoms with van der Waals surface area (Å²) in [4.78, 5) is 10.8. The maximum atomic E-state index is 10.8. The van der Waals surface area contributed by atoms with Crippen molar-refractivity contribution in [3.8, 4) is 5.69 Å². The van der Waals surface area contributed by atoms with E-state index in [2.05, 4.69) is 5.10 Å². The van der Waals surface area contributed by atoms with E-state index in [-0.39, 0.29) is 5.15 Å². The highest BCUT2D eigenvalue weighted by atomic mass is 35.5. The summed E-state index contributed by atoms with van der Waals surface area (Å²) in [6.07, 6.45) is 0.679. The topological polar surface area (TPSA) is 34.9 Å². The first-order valence-corrected chi connectivity index (χ1v) is 5.83. The van der Waals surface area contributed by atoms with Crippen molar-refractivity contribution < 1.29 is 4.79 Å². The van der Waals surface area contributed by atoms with Crippen LogP contribution in [0.3, 0.4) is 0 Å². The Kier molecular flexibility index (Phi) is 3.43. The van der Waals surface area contributed by atoms with Crippen molar-refractivity contribution >= 4 is 41.1 Å². The van der Waals surface area contributed by atoms with Gasteiger partial charge in [0.2, 0.25) is 0 Å². The van der Waals surface area contributed by atoms with Gasteiger partial charge in [-0.15, -0.1) is 0 Å². The second kappa shape index (κ2) is 4.69. The van der Waals surface area contributed by atoms with Crippen molar-refractivity contribution in [2.45, 2.75) is 6.92 Å². The van der Waals surface area contributed by atoms with E-state index in [0.29, 0.717) is 33.3 Å². The van der Waals surface area contributed by atoms with Crippen molar-refractivity contribution in [3.05, 3.63) is 44.7 Å². The minimum Gasteiger partial charge on any atom is -0.298 e. The maximum Gasteiger partial charge on any atom is 0.155 e. The van der Waals surface area contributed by atoms with Crippen molar-refractivity contribution in [3.63, 3.8) is 0 Å². The van der Waals surface area contributed by atoms with E-state index in [0.717, 1.165) is 0 Å². The summed E-state index contributed by atoms with van der Waals surface area (Å²) in [6.45, 7) is 1.71. The Hall–Kier alpha value is -1.03. The molecule has 0 aliphatic heterocycles. The highest BCUT2D eigenvalue weighted by Gasteiger charge is 2.14. The SMILES string of the molecule is Cc1nn(-c2ccc(Cl)c(Cl)c2)c(Cl)c1C=O. The predicted octanol–water partition coefficient (Wildman–Crippen LogP) is 3.95. The molecule has 0 saturated heterocycles. The third-order valence-corrected chi connectivity index (χ3v) is 3.42. The van der Waals surface area contributed by atoms with Gasteiger partial charge in [-0.1, -0.05) is 34.8 Å². The van der Waals surface area contributed by atoms with Gasteiger partial charge in [-0.3, -0.25) is 4.79 Å². The van der Waals surface area contributed by atoms with Crippen LogP contribution >= 0.6 is 34.8 Å². The second-order valence-corrected chi connectivity index (χ2v) is 4.59. The van der Waals surface area contributed by atoms with Gasteiger partial charge in [0.15, 0.2) is 6.29 Å². The fourth-order valence-corrected chi connectivity index (χ4v) is 2.04. The van der Waals surface area contributed by atoms with Gasteiger partial charge < -0.3 is 0 Å². The normalized spacial score (nSPS) is 10.6. The summed E-state index contributed by atoms with van der Waals surface area (Å²) < 4.78 is 1.45. The van der Waals surface area contributed by atoms with Gasteiger partial charge in [0.1, 0.15) is 5.15 Å². The molecule has 1 aromatic carbocycles. The number of benzene rings is 1. The van der Waals surface area contributed by atoms with Crippen LogP contribution in [0.2, 0.25) is 15.2 Å². The monoisotopic (exact) mass is 288 g/mol. The molecule has 2 rings (SSSR count). The minimum atomic E-state index is 0.260. The summed E-state index contributed by atoms with van der Waals surface area (Å²) in [5, 5.41) is 5.29. The molecule has 6 heteroatoms. The molecule has 0 spiro atoms. The van der Waals surface area contributed by atoms with Crippen LogP contribution in [-0.4, -0.2) is 16.1 Å². The lowest BCUT2D eigenvalue weighted by molar-refractivity contribution is 0.112. The standard InChI is InChI=1S/C11H7Cl3N2O/c1-6-8(5-17)11(14)16(15-6)7-2-3-9(12)10(13)4-7/h2-5H,1H3. The Morgan fingerprint density at radius 2 is 1.94 bits per heavy atom. The molecule has 0 radical (unpaired) electrons. The molecule has 88 valence electrons. The molecule has 0 N–H and O–H groups in total. The summed E-state index contributed by atoms with van der Waals surface area (Å²) in [6, 6.07) is 5.01. The van der Waals surface area contributed by atoms with E-state index in [1.807, 2.05) is 0 Å². The lowest BCUT2D eigenvalue weighted by Gasteiger charge is -2.04. The van der Waals surface area contributed by atoms with Crippen LogP contribution in [0.5, 0.6) is 0 Å². The van der Waals surface area contributed by atoms with Crippen LogP contribution in [-0.2, 0) is 0 Å². The van der Waals surface area contributed by atoms with Crippen LogP contribution in [0.1, 0.15) is 16.1 Å². The van der Waals surface area contributed by atoms with E-state index in [1.165, 1.54) is 4.68 Å². The Labute approximate surface area is 113 Å². The first kappa shape index (κ1) is 12.4. The largest absolute Gasteiger partial charge is 0.298 e. The first-order valence-electron chi connectivity index (χ1n) is 4.70. The summed E-state index contributed by atoms with van der Waals surface area (Å²) in [7, 11) is 0. The zero-order valence-electron chi connectivity index (χ0n) is 8.75. The molecule has 0 aliphatic carbocycles. The molecule has 17 heavy (non-hydrogen) atoms. The smallest absolute Gasteiger partial charge is 0.155 e. The number of aromatic nitrogens is 2. The third kappa shape index (κ3) is 2.18. The van der Waals surface area contributed by atoms with Crippen LogP contribution in [0, 0.1) is 6.92 Å². The van der Waals surface area contributed by atoms with Crippen molar-refractivity contribution in [2.24, 2.45) is 0 Å². The van der Waals surface area contributed by atoms with Gasteiger partial charge in [-0.25, -0.2) is 4.68 Å². The van der Waals surface area contributed by atoms with Crippen molar-refractivity contribution in [1.29, 1.82) is 0 Å². The van der Waals surface area contributed by atoms with Gasteiger partial charge in [0.05, 0.1) is 27.0 Å². The van der Waals surface area contributed by atoms with Crippen LogP contribution < -0.4 is 0 Å². The highest BCUT2D eigenvalue weighted by Crippen LogP contribution is 2.27. The van der Waals surface area contributed by atoms with Crippen LogP contribution in [0.15, 0.2) is 18.2 Å². The predicted molar refractivity (Wildman–Crippen MR) is 68.7 cm³/mol. The lowest BCUT2D eigenvalue weighted by atomic mass is 10.3. The van der Waals surface area contributed by atoms with Crippen molar-refractivity contribution in [1.82, 2.24) is 9.78 Å². The number of halogens is 3. The van der Waals surface area contributed by atoms with Crippen LogP contribution in [0.4, 0.5) is 0 Å². The second-order valence-electron chi connectivity index (χ2n) is 3.42. The minimum absolute atomic E-state index is 0.260. The molecule has 0 fully saturated rings. The molecular formula is C11H7Cl3N2O. The molecule has 0 amide bonds. The Bertz CT molecular complexity index is 593. The number of nitrogens with zero attached hydrogens (tertiary/aromatic N) is 2. The van der Waals surface area contributed by atoms with E-state index in [1.54, 1.807) is 25.1 Å². The van der Waals surface area contributed by atoms with Crippen molar-refractivity contribution in [2.75, 3.05) is 0 Å². The summed E-state index contributed by atoms with van der Waals surface area (Å²) in [5.41, 5.74) is 1.59. The van der Waals surface area contributed by atoms with E-state index in [9.17, 15) is 4.79 Å². The first-order chi connectivity index (χ1) is 8.04. The Balaban J connectivity index is 2.60. The average Bonchev–Trinajstić information content (AvgIpc) is 2.58. The molecule has 0 aliphatic rings. The van der Waals surface area contributed by atoms with E-state index in [4.69, 9.17) is 34.8 Å². The number of hydrogen-bond donors (Lipinski definition) is 0. The third-order valence-electron chi connectivity index (χ3n) is 2.31. The number of hydrogen-bond acceptors (Lipinski definition) is 2. The quantitative estimate of drug-likeness (QED) is 0.785. The number of rotatable bonds is 2. The molecule has 0 atom stereocenters. The van der Waals surface area contributed by atoms with Gasteiger partial charge in [0, 0.05) is 0 Å².